The van der Waals surface area contributed by atoms with Gasteiger partial charge in [0, 0.05) is 144 Å². The van der Waals surface area contributed by atoms with E-state index < -0.39 is 6.10 Å². The average molecular weight is 909 g/mol. The number of fused-ring (bicyclic) bond motifs is 1. The molecule has 0 bridgehead atoms. The number of hydrogen-bond acceptors (Lipinski definition) is 11. The number of urea groups is 1. The molecule has 9 rings (SSSR count). The largest absolute Gasteiger partial charge is 0.486 e. The summed E-state index contributed by atoms with van der Waals surface area (Å²) in [6.07, 6.45) is 6.68. The molecule has 334 valence electrons. The molecule has 4 saturated heterocycles. The lowest BCUT2D eigenvalue weighted by atomic mass is 9.94. The van der Waals surface area contributed by atoms with Crippen molar-refractivity contribution in [1.82, 2.24) is 40.2 Å². The van der Waals surface area contributed by atoms with E-state index in [4.69, 9.17) is 32.9 Å². The van der Waals surface area contributed by atoms with E-state index in [2.05, 4.69) is 35.2 Å². The van der Waals surface area contributed by atoms with E-state index in [1.54, 1.807) is 17.3 Å². The Hall–Kier alpha value is -5.97. The third kappa shape index (κ3) is 9.45. The highest BCUT2D eigenvalue weighted by Gasteiger charge is 2.32. The molecule has 0 spiro atoms. The summed E-state index contributed by atoms with van der Waals surface area (Å²) in [6.45, 7) is 10.2. The van der Waals surface area contributed by atoms with Crippen LogP contribution in [0.25, 0.3) is 22.2 Å². The van der Waals surface area contributed by atoms with Crippen LogP contribution in [-0.4, -0.2) is 137 Å². The van der Waals surface area contributed by atoms with Crippen LogP contribution >= 0.6 is 23.2 Å². The van der Waals surface area contributed by atoms with Crippen LogP contribution in [0.4, 0.5) is 22.0 Å². The minimum absolute atomic E-state index is 0.0691. The number of H-pyrrole nitrogens is 1. The maximum Gasteiger partial charge on any atom is 0.328 e. The van der Waals surface area contributed by atoms with Gasteiger partial charge in [-0.05, 0) is 74.4 Å². The molecule has 0 aliphatic carbocycles. The third-order valence-corrected chi connectivity index (χ3v) is 13.5. The van der Waals surface area contributed by atoms with Crippen molar-refractivity contribution in [3.63, 3.8) is 0 Å². The number of benzene rings is 2. The molecule has 2 aromatic carbocycles. The van der Waals surface area contributed by atoms with Gasteiger partial charge in [-0.2, -0.15) is 5.10 Å². The highest BCUT2D eigenvalue weighted by Crippen LogP contribution is 2.35. The second kappa shape index (κ2) is 19.0. The first kappa shape index (κ1) is 43.3. The van der Waals surface area contributed by atoms with Gasteiger partial charge < -0.3 is 24.3 Å². The third-order valence-electron chi connectivity index (χ3n) is 12.9. The number of piperidine rings is 1. The predicted octanol–water partition coefficient (Wildman–Crippen LogP) is 6.01. The van der Waals surface area contributed by atoms with Crippen LogP contribution in [0.3, 0.4) is 0 Å². The minimum Gasteiger partial charge on any atom is -0.486 e. The van der Waals surface area contributed by atoms with Crippen molar-refractivity contribution in [2.75, 3.05) is 93.2 Å². The molecule has 7 heterocycles. The first-order valence-electron chi connectivity index (χ1n) is 22.0. The van der Waals surface area contributed by atoms with Crippen molar-refractivity contribution in [1.29, 1.82) is 0 Å². The number of amides is 5. The minimum atomic E-state index is -0.401. The quantitative estimate of drug-likeness (QED) is 0.160. The average Bonchev–Trinajstić information content (AvgIpc) is 3.74. The molecule has 3 aromatic heterocycles. The Balaban J connectivity index is 0.695. The number of anilines is 3. The van der Waals surface area contributed by atoms with Gasteiger partial charge in [0.1, 0.15) is 23.4 Å². The number of ether oxygens (including phenoxy) is 1. The summed E-state index contributed by atoms with van der Waals surface area (Å²) in [4.78, 5) is 71.8. The molecule has 64 heavy (non-hydrogen) atoms. The molecule has 1 atom stereocenters. The van der Waals surface area contributed by atoms with Crippen LogP contribution < -0.4 is 24.8 Å². The van der Waals surface area contributed by atoms with E-state index in [-0.39, 0.29) is 29.7 Å². The fourth-order valence-corrected chi connectivity index (χ4v) is 9.83. The van der Waals surface area contributed by atoms with Gasteiger partial charge in [-0.1, -0.05) is 23.2 Å². The smallest absolute Gasteiger partial charge is 0.328 e. The summed E-state index contributed by atoms with van der Waals surface area (Å²) in [6, 6.07) is 17.3. The number of halogens is 2. The number of aromatic amines is 1. The van der Waals surface area contributed by atoms with Gasteiger partial charge in [-0.3, -0.25) is 39.6 Å². The van der Waals surface area contributed by atoms with Crippen LogP contribution in [0.1, 0.15) is 44.3 Å². The van der Waals surface area contributed by atoms with Gasteiger partial charge in [0.2, 0.25) is 17.7 Å². The molecule has 2 N–H and O–H groups in total. The van der Waals surface area contributed by atoms with Gasteiger partial charge in [0.15, 0.2) is 0 Å². The van der Waals surface area contributed by atoms with Gasteiger partial charge >= 0.3 is 6.03 Å². The first-order chi connectivity index (χ1) is 31.1. The van der Waals surface area contributed by atoms with Gasteiger partial charge in [0.05, 0.1) is 15.6 Å². The highest BCUT2D eigenvalue weighted by molar-refractivity contribution is 6.35. The number of nitrogens with one attached hydrogen (secondary N) is 2. The van der Waals surface area contributed by atoms with E-state index in [9.17, 15) is 19.2 Å². The van der Waals surface area contributed by atoms with Crippen LogP contribution in [0.5, 0.6) is 5.75 Å². The molecule has 4 aliphatic rings. The predicted molar refractivity (Wildman–Crippen MR) is 246 cm³/mol. The Morgan fingerprint density at radius 3 is 2.19 bits per heavy atom. The Kier molecular flexibility index (Phi) is 12.9. The monoisotopic (exact) mass is 907 g/mol. The SMILES string of the molecule is C[C@@H](Oc1ccc2[nH]nc(-c3ccc(N4CCN(C(=O)C5CCN(C(=O)CCN6CCN(c7ccc(N8CCC(=O)NC8=O)cc7)CC6)CC5)CC4)nc3)c2c1)c1c(Cl)cncc1Cl. The topological polar surface area (TPSA) is 163 Å². The summed E-state index contributed by atoms with van der Waals surface area (Å²) in [5.41, 5.74) is 5.03. The lowest BCUT2D eigenvalue weighted by molar-refractivity contribution is -0.141. The maximum atomic E-state index is 13.6. The Morgan fingerprint density at radius 1 is 0.797 bits per heavy atom. The van der Waals surface area contributed by atoms with Gasteiger partial charge in [-0.25, -0.2) is 9.78 Å². The lowest BCUT2D eigenvalue weighted by Crippen LogP contribution is -2.52. The van der Waals surface area contributed by atoms with E-state index in [1.807, 2.05) is 77.5 Å². The van der Waals surface area contributed by atoms with E-state index in [0.29, 0.717) is 99.4 Å². The summed E-state index contributed by atoms with van der Waals surface area (Å²) < 4.78 is 6.25. The number of carbonyl (C=O) groups excluding carboxylic acids is 4. The summed E-state index contributed by atoms with van der Waals surface area (Å²) in [5, 5.41) is 11.9. The number of imide groups is 1. The number of aromatic nitrogens is 4. The zero-order valence-electron chi connectivity index (χ0n) is 35.7. The molecule has 5 amide bonds. The molecule has 0 saturated carbocycles. The van der Waals surface area contributed by atoms with Crippen molar-refractivity contribution in [2.45, 2.75) is 38.7 Å². The second-order valence-electron chi connectivity index (χ2n) is 16.8. The Morgan fingerprint density at radius 2 is 1.50 bits per heavy atom. The van der Waals surface area contributed by atoms with E-state index >= 15 is 0 Å². The van der Waals surface area contributed by atoms with Crippen molar-refractivity contribution in [3.05, 3.63) is 88.8 Å². The van der Waals surface area contributed by atoms with Crippen LogP contribution in [0.2, 0.25) is 10.0 Å². The Labute approximate surface area is 381 Å². The number of hydrogen-bond donors (Lipinski definition) is 2. The number of carbonyl (C=O) groups is 4. The van der Waals surface area contributed by atoms with Crippen molar-refractivity contribution < 1.29 is 23.9 Å². The highest BCUT2D eigenvalue weighted by atomic mass is 35.5. The number of pyridine rings is 2. The molecule has 5 aromatic rings. The lowest BCUT2D eigenvalue weighted by Gasteiger charge is -2.39. The summed E-state index contributed by atoms with van der Waals surface area (Å²) >= 11 is 12.7. The van der Waals surface area contributed by atoms with Crippen LogP contribution in [-0.2, 0) is 14.4 Å². The molecular weight excluding hydrogens is 857 g/mol. The van der Waals surface area contributed by atoms with E-state index in [1.165, 1.54) is 0 Å². The second-order valence-corrected chi connectivity index (χ2v) is 17.6. The molecule has 4 aliphatic heterocycles. The molecule has 0 unspecified atom stereocenters. The summed E-state index contributed by atoms with van der Waals surface area (Å²) in [5.74, 6) is 1.53. The standard InChI is InChI=1S/C46H51Cl2N11O5/c1-30(43-37(47)28-49-29-38(43)48)64-35-7-8-39-36(26-35)44(53-52-39)32-2-9-40(50-27-32)56-22-24-58(25-23-56)45(62)31-10-15-57(16-11-31)42(61)13-14-54-18-20-55(21-19-54)33-3-5-34(6-4-33)59-17-12-41(60)51-46(59)63/h2-9,26-31H,10-25H2,1H3,(H,52,53)(H,51,60,63)/t30-/m1/s1. The molecule has 16 nitrogen and oxygen atoms in total. The molecule has 4 fully saturated rings. The van der Waals surface area contributed by atoms with Gasteiger partial charge in [-0.15, -0.1) is 0 Å². The number of rotatable bonds is 11. The zero-order chi connectivity index (χ0) is 44.3. The van der Waals surface area contributed by atoms with Crippen LogP contribution in [0.15, 0.2) is 73.2 Å². The fraction of sp³-hybridized carbons (Fsp3) is 0.413. The Bertz CT molecular complexity index is 2480. The summed E-state index contributed by atoms with van der Waals surface area (Å²) in [7, 11) is 0. The molecular formula is C46H51Cl2N11O5. The zero-order valence-corrected chi connectivity index (χ0v) is 37.2. The van der Waals surface area contributed by atoms with Crippen molar-refractivity contribution in [3.8, 4) is 17.0 Å². The maximum absolute atomic E-state index is 13.6. The first-order valence-corrected chi connectivity index (χ1v) is 22.7. The molecule has 18 heteroatoms. The molecule has 0 radical (unpaired) electrons. The number of nitrogens with zero attached hydrogens (tertiary/aromatic N) is 9. The fourth-order valence-electron chi connectivity index (χ4n) is 9.16. The number of likely N-dealkylation sites (tertiary alicyclic amines) is 1. The van der Waals surface area contributed by atoms with E-state index in [0.717, 1.165) is 65.5 Å². The normalized spacial score (nSPS) is 18.4. The number of piperazine rings is 2. The van der Waals surface area contributed by atoms with Crippen LogP contribution in [0, 0.1) is 5.92 Å². The van der Waals surface area contributed by atoms with Gasteiger partial charge in [0.25, 0.3) is 0 Å². The van der Waals surface area contributed by atoms with Crippen molar-refractivity contribution in [2.24, 2.45) is 5.92 Å². The van der Waals surface area contributed by atoms with Crippen molar-refractivity contribution >= 4 is 75.1 Å².